The van der Waals surface area contributed by atoms with Crippen LogP contribution in [0.3, 0.4) is 0 Å². The molecule has 0 bridgehead atoms. The lowest BCUT2D eigenvalue weighted by molar-refractivity contribution is -0.143. The molecule has 2 atom stereocenters. The molecule has 7 heteroatoms. The number of hydrogen-bond acceptors (Lipinski definition) is 5. The number of rotatable bonds is 14. The Morgan fingerprint density at radius 1 is 1.32 bits per heavy atom. The summed E-state index contributed by atoms with van der Waals surface area (Å²) < 4.78 is 18.1. The maximum absolute atomic E-state index is 13.0. The van der Waals surface area contributed by atoms with Crippen molar-refractivity contribution in [3.63, 3.8) is 0 Å². The summed E-state index contributed by atoms with van der Waals surface area (Å²) in [5.74, 6) is 1.40. The summed E-state index contributed by atoms with van der Waals surface area (Å²) >= 11 is 1.74. The molecule has 5 nitrogen and oxygen atoms in total. The van der Waals surface area contributed by atoms with Gasteiger partial charge < -0.3 is 14.7 Å². The molecule has 1 aliphatic heterocycles. The Bertz CT molecular complexity index is 710. The molecule has 172 valence electrons. The summed E-state index contributed by atoms with van der Waals surface area (Å²) in [5.41, 5.74) is 0.864. The highest BCUT2D eigenvalue weighted by molar-refractivity contribution is 7.99. The number of amides is 1. The van der Waals surface area contributed by atoms with Gasteiger partial charge in [-0.3, -0.25) is 9.59 Å². The fourth-order valence-electron chi connectivity index (χ4n) is 3.42. The van der Waals surface area contributed by atoms with Crippen LogP contribution in [0.25, 0.3) is 0 Å². The molecule has 0 radical (unpaired) electrons. The molecule has 1 aliphatic rings. The number of halogens is 1. The van der Waals surface area contributed by atoms with Gasteiger partial charge in [-0.05, 0) is 42.7 Å². The van der Waals surface area contributed by atoms with Crippen LogP contribution >= 0.6 is 11.8 Å². The van der Waals surface area contributed by atoms with E-state index < -0.39 is 6.10 Å². The Balaban J connectivity index is 1.66. The van der Waals surface area contributed by atoms with Crippen LogP contribution in [0.4, 0.5) is 4.39 Å². The van der Waals surface area contributed by atoms with E-state index in [1.54, 1.807) is 30.0 Å². The minimum Gasteiger partial charge on any atom is -0.466 e. The number of carbonyl (C=O) groups excluding carboxylic acids is 2. The number of unbranched alkanes of at least 4 members (excludes halogenated alkanes) is 1. The van der Waals surface area contributed by atoms with Crippen molar-refractivity contribution in [2.24, 2.45) is 0 Å². The number of nitrogens with zero attached hydrogens (tertiary/aromatic N) is 1. The smallest absolute Gasteiger partial charge is 0.305 e. The number of thioether (sulfide) groups is 1. The van der Waals surface area contributed by atoms with Crippen LogP contribution < -0.4 is 0 Å². The van der Waals surface area contributed by atoms with Gasteiger partial charge in [-0.25, -0.2) is 4.39 Å². The SMILES string of the molecule is CCCCOC(=O)CCCSCCN1C(=O)CC[C@@H]1C=C[C@@H](O)Cc1ccc(F)cc1. The number of esters is 1. The normalized spacial score (nSPS) is 17.5. The van der Waals surface area contributed by atoms with Crippen molar-refractivity contribution in [2.45, 2.75) is 64.0 Å². The van der Waals surface area contributed by atoms with E-state index in [1.807, 2.05) is 11.0 Å². The van der Waals surface area contributed by atoms with E-state index >= 15 is 0 Å². The standard InChI is InChI=1S/C24H34FNO4S/c1-2-3-15-30-24(29)5-4-16-31-17-14-26-21(11-13-23(26)28)10-12-22(27)18-19-6-8-20(25)9-7-19/h6-10,12,21-22,27H,2-5,11,13-18H2,1H3/t21-,22+/m0/s1. The molecular weight excluding hydrogens is 417 g/mol. The van der Waals surface area contributed by atoms with Crippen molar-refractivity contribution in [3.05, 3.63) is 47.8 Å². The van der Waals surface area contributed by atoms with E-state index in [9.17, 15) is 19.1 Å². The van der Waals surface area contributed by atoms with Gasteiger partial charge in [0.25, 0.3) is 0 Å². The Morgan fingerprint density at radius 3 is 2.84 bits per heavy atom. The molecule has 1 N–H and O–H groups in total. The molecule has 0 saturated carbocycles. The average molecular weight is 452 g/mol. The molecule has 1 heterocycles. The van der Waals surface area contributed by atoms with Gasteiger partial charge in [-0.15, -0.1) is 0 Å². The van der Waals surface area contributed by atoms with E-state index in [-0.39, 0.29) is 23.7 Å². The minimum absolute atomic E-state index is 0.00418. The second-order valence-electron chi connectivity index (χ2n) is 7.77. The monoisotopic (exact) mass is 451 g/mol. The van der Waals surface area contributed by atoms with Crippen molar-refractivity contribution in [3.8, 4) is 0 Å². The summed E-state index contributed by atoms with van der Waals surface area (Å²) in [6.45, 7) is 3.23. The molecule has 1 aromatic carbocycles. The van der Waals surface area contributed by atoms with Gasteiger partial charge in [0.2, 0.25) is 5.91 Å². The van der Waals surface area contributed by atoms with E-state index in [4.69, 9.17) is 4.74 Å². The molecule has 1 amide bonds. The van der Waals surface area contributed by atoms with E-state index in [0.717, 1.165) is 42.8 Å². The number of benzene rings is 1. The molecule has 0 aliphatic carbocycles. The number of ether oxygens (including phenoxy) is 1. The third-order valence-corrected chi connectivity index (χ3v) is 6.24. The molecule has 1 saturated heterocycles. The van der Waals surface area contributed by atoms with Gasteiger partial charge in [0.15, 0.2) is 0 Å². The van der Waals surface area contributed by atoms with Crippen LogP contribution in [0.2, 0.25) is 0 Å². The zero-order valence-corrected chi connectivity index (χ0v) is 19.1. The number of hydrogen-bond donors (Lipinski definition) is 1. The van der Waals surface area contributed by atoms with Crippen LogP contribution in [-0.2, 0) is 20.7 Å². The Hall–Kier alpha value is -1.86. The number of aliphatic hydroxyl groups excluding tert-OH is 1. The summed E-state index contributed by atoms with van der Waals surface area (Å²) in [6.07, 6.45) is 7.81. The lowest BCUT2D eigenvalue weighted by atomic mass is 10.1. The largest absolute Gasteiger partial charge is 0.466 e. The van der Waals surface area contributed by atoms with Gasteiger partial charge in [0.05, 0.1) is 18.8 Å². The predicted molar refractivity (Wildman–Crippen MR) is 122 cm³/mol. The lowest BCUT2D eigenvalue weighted by Gasteiger charge is -2.22. The second-order valence-corrected chi connectivity index (χ2v) is 8.99. The highest BCUT2D eigenvalue weighted by Crippen LogP contribution is 2.21. The maximum Gasteiger partial charge on any atom is 0.305 e. The zero-order chi connectivity index (χ0) is 22.5. The Labute approximate surface area is 189 Å². The molecule has 0 aromatic heterocycles. The molecule has 0 spiro atoms. The molecule has 2 rings (SSSR count). The predicted octanol–water partition coefficient (Wildman–Crippen LogP) is 4.13. The average Bonchev–Trinajstić information content (AvgIpc) is 3.10. The first-order valence-corrected chi connectivity index (χ1v) is 12.3. The van der Waals surface area contributed by atoms with Gasteiger partial charge >= 0.3 is 5.97 Å². The minimum atomic E-state index is -0.672. The van der Waals surface area contributed by atoms with E-state index in [2.05, 4.69) is 6.92 Å². The highest BCUT2D eigenvalue weighted by Gasteiger charge is 2.28. The Morgan fingerprint density at radius 2 is 2.10 bits per heavy atom. The molecule has 31 heavy (non-hydrogen) atoms. The van der Waals surface area contributed by atoms with Crippen LogP contribution in [0, 0.1) is 5.82 Å². The van der Waals surface area contributed by atoms with Gasteiger partial charge in [-0.1, -0.05) is 37.6 Å². The topological polar surface area (TPSA) is 66.8 Å². The quantitative estimate of drug-likeness (QED) is 0.262. The molecular formula is C24H34FNO4S. The second kappa shape index (κ2) is 14.2. The maximum atomic E-state index is 13.0. The van der Waals surface area contributed by atoms with Gasteiger partial charge in [0.1, 0.15) is 5.82 Å². The summed E-state index contributed by atoms with van der Waals surface area (Å²) in [7, 11) is 0. The third kappa shape index (κ3) is 9.87. The van der Waals surface area contributed by atoms with E-state index in [0.29, 0.717) is 32.4 Å². The molecule has 1 fully saturated rings. The number of likely N-dealkylation sites (tertiary alicyclic amines) is 1. The molecule has 1 aromatic rings. The van der Waals surface area contributed by atoms with Gasteiger partial charge in [-0.2, -0.15) is 11.8 Å². The van der Waals surface area contributed by atoms with Crippen molar-refractivity contribution >= 4 is 23.6 Å². The van der Waals surface area contributed by atoms with Crippen LogP contribution in [0.15, 0.2) is 36.4 Å². The van der Waals surface area contributed by atoms with Crippen LogP contribution in [0.1, 0.15) is 51.0 Å². The van der Waals surface area contributed by atoms with Gasteiger partial charge in [0, 0.05) is 31.6 Å². The summed E-state index contributed by atoms with van der Waals surface area (Å²) in [5, 5.41) is 10.2. The Kier molecular flexibility index (Phi) is 11.7. The number of aliphatic hydroxyl groups is 1. The van der Waals surface area contributed by atoms with Crippen LogP contribution in [-0.4, -0.2) is 58.7 Å². The first-order valence-electron chi connectivity index (χ1n) is 11.1. The first kappa shape index (κ1) is 25.4. The van der Waals surface area contributed by atoms with Crippen molar-refractivity contribution in [1.29, 1.82) is 0 Å². The number of carbonyl (C=O) groups is 2. The fraction of sp³-hybridized carbons (Fsp3) is 0.583. The van der Waals surface area contributed by atoms with Crippen molar-refractivity contribution < 1.29 is 23.8 Å². The summed E-state index contributed by atoms with van der Waals surface area (Å²) in [6, 6.07) is 6.11. The lowest BCUT2D eigenvalue weighted by Crippen LogP contribution is -2.34. The van der Waals surface area contributed by atoms with Crippen molar-refractivity contribution in [1.82, 2.24) is 4.90 Å². The van der Waals surface area contributed by atoms with Crippen LogP contribution in [0.5, 0.6) is 0 Å². The summed E-state index contributed by atoms with van der Waals surface area (Å²) in [4.78, 5) is 25.7. The van der Waals surface area contributed by atoms with Crippen molar-refractivity contribution in [2.75, 3.05) is 24.7 Å². The van der Waals surface area contributed by atoms with E-state index in [1.165, 1.54) is 12.1 Å². The fourth-order valence-corrected chi connectivity index (χ4v) is 4.30. The third-order valence-electron chi connectivity index (χ3n) is 5.20. The highest BCUT2D eigenvalue weighted by atomic mass is 32.2. The molecule has 0 unspecified atom stereocenters. The zero-order valence-electron chi connectivity index (χ0n) is 18.3. The first-order chi connectivity index (χ1) is 15.0.